The lowest BCUT2D eigenvalue weighted by molar-refractivity contribution is 0.0573. The van der Waals surface area contributed by atoms with Crippen LogP contribution in [0.25, 0.3) is 10.9 Å². The van der Waals surface area contributed by atoms with Crippen LogP contribution in [0.15, 0.2) is 36.5 Å². The summed E-state index contributed by atoms with van der Waals surface area (Å²) in [6.45, 7) is 3.00. The number of aliphatic hydroxyl groups excluding tert-OH is 1. The smallest absolute Gasteiger partial charge is 0.0958 e. The van der Waals surface area contributed by atoms with E-state index in [9.17, 15) is 5.11 Å². The second kappa shape index (κ2) is 6.10. The lowest BCUT2D eigenvalue weighted by Crippen LogP contribution is -2.42. The molecule has 2 heterocycles. The molecule has 21 heavy (non-hydrogen) atoms. The number of aromatic nitrogens is 1. The predicted octanol–water partition coefficient (Wildman–Crippen LogP) is 1.90. The zero-order valence-electron chi connectivity index (χ0n) is 12.7. The van der Waals surface area contributed by atoms with Crippen LogP contribution in [0.2, 0.25) is 0 Å². The van der Waals surface area contributed by atoms with Gasteiger partial charge in [0.2, 0.25) is 0 Å². The van der Waals surface area contributed by atoms with Crippen LogP contribution >= 0.6 is 0 Å². The molecule has 1 aliphatic heterocycles. The Morgan fingerprint density at radius 2 is 2.10 bits per heavy atom. The Kier molecular flexibility index (Phi) is 4.19. The summed E-state index contributed by atoms with van der Waals surface area (Å²) in [7, 11) is 4.23. The SMILES string of the molecule is CN1CCCN(C)C(C(O)c2ccc3cccnc3c2)C1. The molecule has 0 bridgehead atoms. The fourth-order valence-corrected chi connectivity index (χ4v) is 3.14. The van der Waals surface area contributed by atoms with Crippen molar-refractivity contribution in [1.29, 1.82) is 0 Å². The summed E-state index contributed by atoms with van der Waals surface area (Å²) >= 11 is 0. The molecule has 0 amide bonds. The molecule has 1 fully saturated rings. The fraction of sp³-hybridized carbons (Fsp3) is 0.471. The van der Waals surface area contributed by atoms with E-state index < -0.39 is 6.10 Å². The van der Waals surface area contributed by atoms with Crippen molar-refractivity contribution in [2.45, 2.75) is 18.6 Å². The maximum atomic E-state index is 10.8. The Bertz CT molecular complexity index is 616. The average molecular weight is 285 g/mol. The summed E-state index contributed by atoms with van der Waals surface area (Å²) in [5.41, 5.74) is 1.90. The van der Waals surface area contributed by atoms with Crippen LogP contribution < -0.4 is 0 Å². The molecule has 4 nitrogen and oxygen atoms in total. The maximum absolute atomic E-state index is 10.8. The molecule has 3 rings (SSSR count). The molecule has 1 aromatic carbocycles. The van der Waals surface area contributed by atoms with Gasteiger partial charge in [-0.25, -0.2) is 0 Å². The van der Waals surface area contributed by atoms with Gasteiger partial charge in [-0.1, -0.05) is 18.2 Å². The zero-order chi connectivity index (χ0) is 14.8. The highest BCUT2D eigenvalue weighted by Gasteiger charge is 2.28. The van der Waals surface area contributed by atoms with E-state index in [2.05, 4.69) is 28.9 Å². The summed E-state index contributed by atoms with van der Waals surface area (Å²) in [5.74, 6) is 0. The Balaban J connectivity index is 1.89. The van der Waals surface area contributed by atoms with Gasteiger partial charge in [-0.2, -0.15) is 0 Å². The lowest BCUT2D eigenvalue weighted by Gasteiger charge is -2.31. The molecule has 1 aromatic heterocycles. The van der Waals surface area contributed by atoms with Crippen molar-refractivity contribution in [2.24, 2.45) is 0 Å². The van der Waals surface area contributed by atoms with Crippen molar-refractivity contribution in [3.8, 4) is 0 Å². The summed E-state index contributed by atoms with van der Waals surface area (Å²) in [4.78, 5) is 8.96. The fourth-order valence-electron chi connectivity index (χ4n) is 3.14. The molecule has 2 atom stereocenters. The van der Waals surface area contributed by atoms with Crippen LogP contribution in [0.1, 0.15) is 18.1 Å². The minimum absolute atomic E-state index is 0.124. The predicted molar refractivity (Wildman–Crippen MR) is 85.2 cm³/mol. The van der Waals surface area contributed by atoms with Crippen LogP contribution in [-0.4, -0.2) is 59.7 Å². The molecule has 0 aliphatic carbocycles. The van der Waals surface area contributed by atoms with Gasteiger partial charge in [0.25, 0.3) is 0 Å². The van der Waals surface area contributed by atoms with Gasteiger partial charge in [0, 0.05) is 18.1 Å². The molecule has 2 aromatic rings. The van der Waals surface area contributed by atoms with Crippen molar-refractivity contribution in [3.05, 3.63) is 42.1 Å². The molecule has 112 valence electrons. The molecule has 0 spiro atoms. The highest BCUT2D eigenvalue weighted by molar-refractivity contribution is 5.78. The normalized spacial score (nSPS) is 23.1. The molecule has 0 radical (unpaired) electrons. The monoisotopic (exact) mass is 285 g/mol. The quantitative estimate of drug-likeness (QED) is 0.915. The molecular formula is C17H23N3O. The number of aliphatic hydroxyl groups is 1. The van der Waals surface area contributed by atoms with Crippen LogP contribution in [0.3, 0.4) is 0 Å². The highest BCUT2D eigenvalue weighted by Crippen LogP contribution is 2.25. The van der Waals surface area contributed by atoms with Crippen LogP contribution in [0.4, 0.5) is 0 Å². The molecular weight excluding hydrogens is 262 g/mol. The molecule has 1 aliphatic rings. The summed E-state index contributed by atoms with van der Waals surface area (Å²) in [6, 6.07) is 10.2. The van der Waals surface area contributed by atoms with Crippen LogP contribution in [0, 0.1) is 0 Å². The van der Waals surface area contributed by atoms with Crippen LogP contribution in [0.5, 0.6) is 0 Å². The van der Waals surface area contributed by atoms with E-state index in [1.165, 1.54) is 0 Å². The Labute approximate surface area is 126 Å². The minimum Gasteiger partial charge on any atom is -0.387 e. The van der Waals surface area contributed by atoms with Gasteiger partial charge in [0.05, 0.1) is 17.7 Å². The van der Waals surface area contributed by atoms with E-state index in [-0.39, 0.29) is 6.04 Å². The number of hydrogen-bond acceptors (Lipinski definition) is 4. The van der Waals surface area contributed by atoms with Gasteiger partial charge in [-0.15, -0.1) is 0 Å². The molecule has 1 N–H and O–H groups in total. The third-order valence-corrected chi connectivity index (χ3v) is 4.45. The standard InChI is InChI=1S/C17H23N3O/c1-19-9-4-10-20(2)16(12-19)17(21)14-7-6-13-5-3-8-18-15(13)11-14/h3,5-8,11,16-17,21H,4,9-10,12H2,1-2H3. The van der Waals surface area contributed by atoms with Gasteiger partial charge in [0.1, 0.15) is 0 Å². The van der Waals surface area contributed by atoms with Crippen LogP contribution in [-0.2, 0) is 0 Å². The first-order valence-electron chi connectivity index (χ1n) is 7.56. The Morgan fingerprint density at radius 3 is 2.95 bits per heavy atom. The number of pyridine rings is 1. The Hall–Kier alpha value is -1.49. The third-order valence-electron chi connectivity index (χ3n) is 4.45. The second-order valence-electron chi connectivity index (χ2n) is 6.06. The first-order valence-corrected chi connectivity index (χ1v) is 7.56. The Morgan fingerprint density at radius 1 is 1.24 bits per heavy atom. The average Bonchev–Trinajstić information content (AvgIpc) is 2.67. The first kappa shape index (κ1) is 14.4. The molecule has 2 unspecified atom stereocenters. The van der Waals surface area contributed by atoms with E-state index in [4.69, 9.17) is 0 Å². The lowest BCUT2D eigenvalue weighted by atomic mass is 9.99. The van der Waals surface area contributed by atoms with E-state index in [1.54, 1.807) is 6.20 Å². The first-order chi connectivity index (χ1) is 10.1. The second-order valence-corrected chi connectivity index (χ2v) is 6.06. The van der Waals surface area contributed by atoms with E-state index in [0.29, 0.717) is 0 Å². The number of benzene rings is 1. The van der Waals surface area contributed by atoms with Crippen molar-refractivity contribution in [3.63, 3.8) is 0 Å². The highest BCUT2D eigenvalue weighted by atomic mass is 16.3. The zero-order valence-corrected chi connectivity index (χ0v) is 12.7. The van der Waals surface area contributed by atoms with E-state index in [0.717, 1.165) is 42.5 Å². The summed E-state index contributed by atoms with van der Waals surface area (Å²) in [5, 5.41) is 11.9. The van der Waals surface area contributed by atoms with E-state index >= 15 is 0 Å². The number of rotatable bonds is 2. The molecule has 0 saturated carbocycles. The summed E-state index contributed by atoms with van der Waals surface area (Å²) < 4.78 is 0. The third kappa shape index (κ3) is 3.07. The van der Waals surface area contributed by atoms with Crippen molar-refractivity contribution in [2.75, 3.05) is 33.7 Å². The molecule has 1 saturated heterocycles. The number of fused-ring (bicyclic) bond motifs is 1. The van der Waals surface area contributed by atoms with Gasteiger partial charge in [-0.05, 0) is 51.3 Å². The molecule has 4 heteroatoms. The number of nitrogens with zero attached hydrogens (tertiary/aromatic N) is 3. The van der Waals surface area contributed by atoms with E-state index in [1.807, 2.05) is 30.3 Å². The van der Waals surface area contributed by atoms with Crippen molar-refractivity contribution in [1.82, 2.24) is 14.8 Å². The van der Waals surface area contributed by atoms with Gasteiger partial charge in [-0.3, -0.25) is 9.88 Å². The van der Waals surface area contributed by atoms with Gasteiger partial charge < -0.3 is 10.0 Å². The number of hydrogen-bond donors (Lipinski definition) is 1. The topological polar surface area (TPSA) is 39.6 Å². The summed E-state index contributed by atoms with van der Waals surface area (Å²) in [6.07, 6.45) is 2.46. The largest absolute Gasteiger partial charge is 0.387 e. The maximum Gasteiger partial charge on any atom is 0.0958 e. The van der Waals surface area contributed by atoms with Gasteiger partial charge in [0.15, 0.2) is 0 Å². The van der Waals surface area contributed by atoms with Crippen molar-refractivity contribution >= 4 is 10.9 Å². The minimum atomic E-state index is -0.484. The number of likely N-dealkylation sites (N-methyl/N-ethyl adjacent to an activating group) is 2. The van der Waals surface area contributed by atoms with Crippen molar-refractivity contribution < 1.29 is 5.11 Å². The van der Waals surface area contributed by atoms with Gasteiger partial charge >= 0.3 is 0 Å².